The molecule has 8 heteroatoms. The van der Waals surface area contributed by atoms with Gasteiger partial charge in [0.15, 0.2) is 0 Å². The van der Waals surface area contributed by atoms with E-state index >= 15 is 0 Å². The van der Waals surface area contributed by atoms with Crippen molar-refractivity contribution >= 4 is 29.1 Å². The van der Waals surface area contributed by atoms with Crippen molar-refractivity contribution in [2.75, 3.05) is 18.0 Å². The van der Waals surface area contributed by atoms with Crippen LogP contribution in [0.25, 0.3) is 0 Å². The zero-order chi connectivity index (χ0) is 22.0. The van der Waals surface area contributed by atoms with Crippen LogP contribution in [0.4, 0.5) is 11.4 Å². The third-order valence-corrected chi connectivity index (χ3v) is 5.86. The third kappa shape index (κ3) is 3.93. The molecule has 160 valence electrons. The van der Waals surface area contributed by atoms with E-state index in [1.807, 2.05) is 23.1 Å². The van der Waals surface area contributed by atoms with Crippen molar-refractivity contribution in [2.45, 2.75) is 38.5 Å². The van der Waals surface area contributed by atoms with E-state index in [0.717, 1.165) is 30.0 Å². The molecule has 2 aromatic rings. The molecule has 2 heterocycles. The van der Waals surface area contributed by atoms with Crippen LogP contribution in [-0.2, 0) is 11.2 Å². The molecule has 4 rings (SSSR count). The van der Waals surface area contributed by atoms with Crippen LogP contribution in [0.5, 0.6) is 0 Å². The molecule has 3 amide bonds. The van der Waals surface area contributed by atoms with Gasteiger partial charge in [0.25, 0.3) is 17.5 Å². The summed E-state index contributed by atoms with van der Waals surface area (Å²) in [5, 5.41) is 11.2. The molecule has 0 aromatic heterocycles. The summed E-state index contributed by atoms with van der Waals surface area (Å²) >= 11 is 0. The van der Waals surface area contributed by atoms with Crippen LogP contribution in [0.1, 0.15) is 58.4 Å². The number of unbranched alkanes of at least 4 members (excludes halogenated alkanes) is 2. The minimum absolute atomic E-state index is 0.0816. The molecule has 0 aliphatic carbocycles. The average molecular weight is 421 g/mol. The predicted molar refractivity (Wildman–Crippen MR) is 114 cm³/mol. The van der Waals surface area contributed by atoms with Gasteiger partial charge in [-0.1, -0.05) is 30.7 Å². The summed E-state index contributed by atoms with van der Waals surface area (Å²) in [5.74, 6) is -1.03. The zero-order valence-corrected chi connectivity index (χ0v) is 17.1. The Hall–Kier alpha value is -3.55. The average Bonchev–Trinajstić information content (AvgIpc) is 3.03. The Kier molecular flexibility index (Phi) is 5.79. The molecule has 0 radical (unpaired) electrons. The fraction of sp³-hybridized carbons (Fsp3) is 0.348. The minimum atomic E-state index is -0.641. The summed E-state index contributed by atoms with van der Waals surface area (Å²) in [6, 6.07) is 12.1. The van der Waals surface area contributed by atoms with Gasteiger partial charge in [0.05, 0.1) is 10.5 Å². The number of amides is 3. The number of aryl methyl sites for hydroxylation is 1. The normalized spacial score (nSPS) is 15.1. The van der Waals surface area contributed by atoms with Gasteiger partial charge in [-0.15, -0.1) is 0 Å². The van der Waals surface area contributed by atoms with Crippen LogP contribution in [0.2, 0.25) is 0 Å². The van der Waals surface area contributed by atoms with Gasteiger partial charge < -0.3 is 4.90 Å². The second-order valence-electron chi connectivity index (χ2n) is 7.81. The molecule has 2 aliphatic rings. The second-order valence-corrected chi connectivity index (χ2v) is 7.81. The number of carbonyl (C=O) groups is 3. The zero-order valence-electron chi connectivity index (χ0n) is 17.1. The van der Waals surface area contributed by atoms with E-state index in [4.69, 9.17) is 0 Å². The maximum atomic E-state index is 12.7. The number of fused-ring (bicyclic) bond motifs is 2. The Morgan fingerprint density at radius 3 is 2.61 bits per heavy atom. The SMILES string of the molecule is O=C1c2cccc([N+](=O)[O-])c2C(=O)N1CCCCCC(=O)N1CCCc2ccccc21. The number of benzene rings is 2. The van der Waals surface area contributed by atoms with Gasteiger partial charge in [-0.2, -0.15) is 0 Å². The van der Waals surface area contributed by atoms with Gasteiger partial charge in [0.2, 0.25) is 5.91 Å². The second kappa shape index (κ2) is 8.67. The first kappa shape index (κ1) is 20.7. The van der Waals surface area contributed by atoms with E-state index in [-0.39, 0.29) is 29.3 Å². The summed E-state index contributed by atoms with van der Waals surface area (Å²) in [6.07, 6.45) is 4.22. The number of rotatable bonds is 7. The molecule has 8 nitrogen and oxygen atoms in total. The van der Waals surface area contributed by atoms with Gasteiger partial charge in [-0.05, 0) is 43.4 Å². The highest BCUT2D eigenvalue weighted by Crippen LogP contribution is 2.31. The topological polar surface area (TPSA) is 101 Å². The number of anilines is 1. The van der Waals surface area contributed by atoms with E-state index in [2.05, 4.69) is 6.07 Å². The predicted octanol–water partition coefficient (Wildman–Crippen LogP) is 3.73. The summed E-state index contributed by atoms with van der Waals surface area (Å²) in [5.41, 5.74) is 1.80. The molecule has 0 saturated heterocycles. The number of carbonyl (C=O) groups excluding carboxylic acids is 3. The number of nitrogens with zero attached hydrogens (tertiary/aromatic N) is 3. The molecule has 0 fully saturated rings. The smallest absolute Gasteiger partial charge is 0.282 e. The molecule has 0 N–H and O–H groups in total. The van der Waals surface area contributed by atoms with E-state index in [1.54, 1.807) is 0 Å². The lowest BCUT2D eigenvalue weighted by atomic mass is 10.0. The highest BCUT2D eigenvalue weighted by Gasteiger charge is 2.40. The van der Waals surface area contributed by atoms with Crippen molar-refractivity contribution in [1.82, 2.24) is 4.90 Å². The molecule has 31 heavy (non-hydrogen) atoms. The number of nitro groups is 1. The number of hydrogen-bond acceptors (Lipinski definition) is 5. The third-order valence-electron chi connectivity index (χ3n) is 5.86. The highest BCUT2D eigenvalue weighted by molar-refractivity contribution is 6.23. The standard InChI is InChI=1S/C23H23N3O5/c27-20(24-15-7-9-16-8-3-4-11-18(16)24)13-2-1-5-14-25-22(28)17-10-6-12-19(26(30)31)21(17)23(25)29/h3-4,6,8,10-12H,1-2,5,7,9,13-15H2. The van der Waals surface area contributed by atoms with Gasteiger partial charge in [-0.3, -0.25) is 29.4 Å². The van der Waals surface area contributed by atoms with Crippen molar-refractivity contribution in [3.8, 4) is 0 Å². The number of hydrogen-bond donors (Lipinski definition) is 0. The van der Waals surface area contributed by atoms with Crippen LogP contribution >= 0.6 is 0 Å². The van der Waals surface area contributed by atoms with E-state index in [1.165, 1.54) is 23.8 Å². The molecule has 0 unspecified atom stereocenters. The van der Waals surface area contributed by atoms with Gasteiger partial charge in [0, 0.05) is 31.3 Å². The minimum Gasteiger partial charge on any atom is -0.312 e. The summed E-state index contributed by atoms with van der Waals surface area (Å²) in [4.78, 5) is 51.2. The lowest BCUT2D eigenvalue weighted by Crippen LogP contribution is -2.35. The van der Waals surface area contributed by atoms with Crippen LogP contribution in [0, 0.1) is 10.1 Å². The summed E-state index contributed by atoms with van der Waals surface area (Å²) in [7, 11) is 0. The van der Waals surface area contributed by atoms with E-state index in [0.29, 0.717) is 25.7 Å². The molecule has 0 spiro atoms. The Balaban J connectivity index is 1.29. The first-order valence-corrected chi connectivity index (χ1v) is 10.5. The monoisotopic (exact) mass is 421 g/mol. The maximum absolute atomic E-state index is 12.7. The largest absolute Gasteiger partial charge is 0.312 e. The van der Waals surface area contributed by atoms with Gasteiger partial charge in [0.1, 0.15) is 5.56 Å². The number of nitro benzene ring substituents is 1. The van der Waals surface area contributed by atoms with Crippen molar-refractivity contribution in [3.63, 3.8) is 0 Å². The van der Waals surface area contributed by atoms with Crippen LogP contribution in [0.3, 0.4) is 0 Å². The number of imide groups is 1. The molecule has 2 aromatic carbocycles. The highest BCUT2D eigenvalue weighted by atomic mass is 16.6. The van der Waals surface area contributed by atoms with Crippen LogP contribution in [0.15, 0.2) is 42.5 Å². The van der Waals surface area contributed by atoms with Crippen LogP contribution < -0.4 is 4.90 Å². The summed E-state index contributed by atoms with van der Waals surface area (Å²) in [6.45, 7) is 0.911. The Bertz CT molecular complexity index is 1060. The van der Waals surface area contributed by atoms with Crippen molar-refractivity contribution in [1.29, 1.82) is 0 Å². The first-order chi connectivity index (χ1) is 15.0. The fourth-order valence-corrected chi connectivity index (χ4v) is 4.32. The van der Waals surface area contributed by atoms with Crippen molar-refractivity contribution in [2.24, 2.45) is 0 Å². The lowest BCUT2D eigenvalue weighted by molar-refractivity contribution is -0.385. The Morgan fingerprint density at radius 2 is 1.81 bits per heavy atom. The van der Waals surface area contributed by atoms with E-state index < -0.39 is 16.7 Å². The molecule has 0 saturated carbocycles. The molecular weight excluding hydrogens is 398 g/mol. The molecule has 0 atom stereocenters. The lowest BCUT2D eigenvalue weighted by Gasteiger charge is -2.29. The van der Waals surface area contributed by atoms with Crippen molar-refractivity contribution < 1.29 is 19.3 Å². The molecule has 0 bridgehead atoms. The molecule has 2 aliphatic heterocycles. The fourth-order valence-electron chi connectivity index (χ4n) is 4.32. The number of para-hydroxylation sites is 1. The Morgan fingerprint density at radius 1 is 1.00 bits per heavy atom. The maximum Gasteiger partial charge on any atom is 0.282 e. The first-order valence-electron chi connectivity index (χ1n) is 10.5. The molecular formula is C23H23N3O5. The van der Waals surface area contributed by atoms with Gasteiger partial charge in [-0.25, -0.2) is 0 Å². The van der Waals surface area contributed by atoms with Gasteiger partial charge >= 0.3 is 0 Å². The van der Waals surface area contributed by atoms with Crippen LogP contribution in [-0.4, -0.2) is 40.6 Å². The van der Waals surface area contributed by atoms with Crippen molar-refractivity contribution in [3.05, 3.63) is 69.3 Å². The van der Waals surface area contributed by atoms with E-state index in [9.17, 15) is 24.5 Å². The Labute approximate surface area is 179 Å². The quantitative estimate of drug-likeness (QED) is 0.293. The summed E-state index contributed by atoms with van der Waals surface area (Å²) < 4.78 is 0.